The molecule has 0 aliphatic rings. The number of nitrogens with zero attached hydrogens (tertiary/aromatic N) is 1. The second-order valence-electron chi connectivity index (χ2n) is 6.64. The number of halogens is 2. The molecule has 0 aliphatic carbocycles. The molecule has 7 heteroatoms. The third kappa shape index (κ3) is 4.25. The van der Waals surface area contributed by atoms with Gasteiger partial charge in [-0.1, -0.05) is 6.07 Å². The molecule has 0 bridgehead atoms. The highest BCUT2D eigenvalue weighted by molar-refractivity contribution is 6.00. The molecule has 3 rings (SSSR count). The van der Waals surface area contributed by atoms with E-state index in [-0.39, 0.29) is 0 Å². The van der Waals surface area contributed by atoms with Crippen LogP contribution in [-0.2, 0) is 4.74 Å². The maximum atomic E-state index is 13.7. The molecule has 0 fully saturated rings. The lowest BCUT2D eigenvalue weighted by Crippen LogP contribution is -2.17. The van der Waals surface area contributed by atoms with Gasteiger partial charge in [-0.05, 0) is 63.2 Å². The molecule has 0 spiro atoms. The monoisotopic (exact) mass is 413 g/mol. The lowest BCUT2D eigenvalue weighted by Gasteiger charge is -2.11. The van der Waals surface area contributed by atoms with Crippen LogP contribution < -0.4 is 4.74 Å². The van der Waals surface area contributed by atoms with Gasteiger partial charge in [0.05, 0.1) is 6.61 Å². The first-order chi connectivity index (χ1) is 14.3. The first kappa shape index (κ1) is 21.2. The van der Waals surface area contributed by atoms with Crippen molar-refractivity contribution in [2.75, 3.05) is 13.2 Å². The van der Waals surface area contributed by atoms with Crippen LogP contribution in [0.25, 0.3) is 5.69 Å². The molecule has 0 radical (unpaired) electrons. The molecule has 156 valence electrons. The summed E-state index contributed by atoms with van der Waals surface area (Å²) in [7, 11) is 0. The molecule has 0 amide bonds. The molecular formula is C23H21F2NO4. The normalized spacial score (nSPS) is 10.7. The third-order valence-electron chi connectivity index (χ3n) is 4.64. The van der Waals surface area contributed by atoms with Crippen LogP contribution in [-0.4, -0.2) is 29.5 Å². The number of benzene rings is 2. The van der Waals surface area contributed by atoms with E-state index in [1.807, 2.05) is 42.7 Å². The number of carbonyl (C=O) groups is 2. The summed E-state index contributed by atoms with van der Waals surface area (Å²) in [6, 6.07) is 12.2. The van der Waals surface area contributed by atoms with Crippen LogP contribution in [0.3, 0.4) is 0 Å². The van der Waals surface area contributed by atoms with Gasteiger partial charge in [-0.15, -0.1) is 0 Å². The molecule has 5 nitrogen and oxygen atoms in total. The van der Waals surface area contributed by atoms with Crippen LogP contribution in [0.4, 0.5) is 8.78 Å². The summed E-state index contributed by atoms with van der Waals surface area (Å²) in [5.41, 5.74) is 1.87. The maximum absolute atomic E-state index is 13.7. The molecule has 0 unspecified atom stereocenters. The summed E-state index contributed by atoms with van der Waals surface area (Å²) in [6.07, 6.45) is 0. The summed E-state index contributed by atoms with van der Waals surface area (Å²) >= 11 is 0. The van der Waals surface area contributed by atoms with Gasteiger partial charge in [0.15, 0.2) is 6.61 Å². The molecule has 0 saturated heterocycles. The Morgan fingerprint density at radius 3 is 2.23 bits per heavy atom. The predicted octanol–water partition coefficient (Wildman–Crippen LogP) is 4.81. The second kappa shape index (κ2) is 8.90. The Hall–Kier alpha value is -3.48. The molecule has 30 heavy (non-hydrogen) atoms. The first-order valence-corrected chi connectivity index (χ1v) is 9.40. The van der Waals surface area contributed by atoms with Crippen molar-refractivity contribution in [3.63, 3.8) is 0 Å². The lowest BCUT2D eigenvalue weighted by molar-refractivity contribution is 0.0465. The summed E-state index contributed by atoms with van der Waals surface area (Å²) in [5.74, 6) is -3.03. The van der Waals surface area contributed by atoms with Gasteiger partial charge in [0, 0.05) is 22.6 Å². The Morgan fingerprint density at radius 1 is 1.00 bits per heavy atom. The fraction of sp³-hybridized carbons (Fsp3) is 0.217. The fourth-order valence-electron chi connectivity index (χ4n) is 3.27. The van der Waals surface area contributed by atoms with Crippen molar-refractivity contribution in [3.8, 4) is 11.4 Å². The predicted molar refractivity (Wildman–Crippen MR) is 107 cm³/mol. The van der Waals surface area contributed by atoms with Crippen LogP contribution in [0.2, 0.25) is 0 Å². The number of Topliss-reactive ketones (excluding diaryl/α,β-unsaturated/α-hetero) is 1. The lowest BCUT2D eigenvalue weighted by atomic mass is 10.1. The zero-order chi connectivity index (χ0) is 21.8. The van der Waals surface area contributed by atoms with Gasteiger partial charge in [-0.2, -0.15) is 0 Å². The van der Waals surface area contributed by atoms with E-state index >= 15 is 0 Å². The fourth-order valence-corrected chi connectivity index (χ4v) is 3.27. The SMILES string of the molecule is CCOc1ccc(-n2c(C)cc(C(=O)COC(=O)c3c(F)cccc3F)c2C)cc1. The van der Waals surface area contributed by atoms with Crippen molar-refractivity contribution in [2.45, 2.75) is 20.8 Å². The molecule has 0 aliphatic heterocycles. The van der Waals surface area contributed by atoms with E-state index in [9.17, 15) is 18.4 Å². The molecular weight excluding hydrogens is 392 g/mol. The zero-order valence-electron chi connectivity index (χ0n) is 16.9. The van der Waals surface area contributed by atoms with Crippen molar-refractivity contribution in [2.24, 2.45) is 0 Å². The van der Waals surface area contributed by atoms with E-state index in [0.29, 0.717) is 17.9 Å². The number of ether oxygens (including phenoxy) is 2. The van der Waals surface area contributed by atoms with Gasteiger partial charge < -0.3 is 14.0 Å². The molecule has 3 aromatic rings. The number of rotatable bonds is 7. The Kier molecular flexibility index (Phi) is 6.30. The van der Waals surface area contributed by atoms with E-state index in [2.05, 4.69) is 0 Å². The van der Waals surface area contributed by atoms with Gasteiger partial charge in [-0.25, -0.2) is 13.6 Å². The summed E-state index contributed by atoms with van der Waals surface area (Å²) < 4.78 is 39.6. The minimum Gasteiger partial charge on any atom is -0.494 e. The smallest absolute Gasteiger partial charge is 0.344 e. The maximum Gasteiger partial charge on any atom is 0.344 e. The summed E-state index contributed by atoms with van der Waals surface area (Å²) in [4.78, 5) is 24.6. The van der Waals surface area contributed by atoms with Crippen molar-refractivity contribution >= 4 is 11.8 Å². The van der Waals surface area contributed by atoms with E-state index in [0.717, 1.165) is 35.3 Å². The van der Waals surface area contributed by atoms with Gasteiger partial charge in [0.1, 0.15) is 22.9 Å². The standard InChI is InChI=1S/C23H21F2NO4/c1-4-29-17-10-8-16(9-11-17)26-14(2)12-18(15(26)3)21(27)13-30-23(28)22-19(24)6-5-7-20(22)25/h5-12H,4,13H2,1-3H3. The average Bonchev–Trinajstić information content (AvgIpc) is 3.01. The minimum absolute atomic E-state index is 0.364. The van der Waals surface area contributed by atoms with E-state index in [4.69, 9.17) is 9.47 Å². The minimum atomic E-state index is -1.22. The third-order valence-corrected chi connectivity index (χ3v) is 4.64. The Morgan fingerprint density at radius 2 is 1.63 bits per heavy atom. The van der Waals surface area contributed by atoms with Crippen molar-refractivity contribution in [1.29, 1.82) is 0 Å². The van der Waals surface area contributed by atoms with Crippen LogP contribution >= 0.6 is 0 Å². The van der Waals surface area contributed by atoms with Gasteiger partial charge >= 0.3 is 5.97 Å². The Bertz CT molecular complexity index is 1070. The van der Waals surface area contributed by atoms with Crippen LogP contribution in [0.1, 0.15) is 39.0 Å². The van der Waals surface area contributed by atoms with Crippen molar-refractivity contribution in [1.82, 2.24) is 4.57 Å². The molecule has 0 saturated carbocycles. The number of esters is 1. The molecule has 1 heterocycles. The molecule has 2 aromatic carbocycles. The quantitative estimate of drug-likeness (QED) is 0.412. The van der Waals surface area contributed by atoms with Crippen molar-refractivity contribution < 1.29 is 27.8 Å². The van der Waals surface area contributed by atoms with Gasteiger partial charge in [0.2, 0.25) is 5.78 Å². The first-order valence-electron chi connectivity index (χ1n) is 9.40. The largest absolute Gasteiger partial charge is 0.494 e. The van der Waals surface area contributed by atoms with E-state index in [1.54, 1.807) is 13.0 Å². The van der Waals surface area contributed by atoms with Gasteiger partial charge in [-0.3, -0.25) is 4.79 Å². The molecule has 1 aromatic heterocycles. The number of carbonyl (C=O) groups excluding carboxylic acids is 2. The number of aromatic nitrogens is 1. The Balaban J connectivity index is 1.77. The van der Waals surface area contributed by atoms with Crippen LogP contribution in [0.5, 0.6) is 5.75 Å². The highest BCUT2D eigenvalue weighted by Crippen LogP contribution is 2.23. The zero-order valence-corrected chi connectivity index (χ0v) is 16.9. The molecule has 0 atom stereocenters. The summed E-state index contributed by atoms with van der Waals surface area (Å²) in [6.45, 7) is 5.46. The van der Waals surface area contributed by atoms with Crippen molar-refractivity contribution in [3.05, 3.63) is 82.7 Å². The second-order valence-corrected chi connectivity index (χ2v) is 6.64. The van der Waals surface area contributed by atoms with Crippen LogP contribution in [0.15, 0.2) is 48.5 Å². The average molecular weight is 413 g/mol. The summed E-state index contributed by atoms with van der Waals surface area (Å²) in [5, 5.41) is 0. The number of ketones is 1. The number of hydrogen-bond acceptors (Lipinski definition) is 4. The van der Waals surface area contributed by atoms with E-state index < -0.39 is 35.6 Å². The van der Waals surface area contributed by atoms with E-state index in [1.165, 1.54) is 0 Å². The van der Waals surface area contributed by atoms with Gasteiger partial charge in [0.25, 0.3) is 0 Å². The topological polar surface area (TPSA) is 57.5 Å². The molecule has 0 N–H and O–H groups in total. The number of aryl methyl sites for hydroxylation is 1. The highest BCUT2D eigenvalue weighted by Gasteiger charge is 2.22. The number of hydrogen-bond donors (Lipinski definition) is 0. The van der Waals surface area contributed by atoms with Crippen LogP contribution in [0, 0.1) is 25.5 Å². The Labute approximate surface area is 172 Å². The highest BCUT2D eigenvalue weighted by atomic mass is 19.1.